The maximum Gasteiger partial charge on any atom is 0.237 e. The fourth-order valence-electron chi connectivity index (χ4n) is 4.53. The van der Waals surface area contributed by atoms with Crippen molar-refractivity contribution in [2.24, 2.45) is 0 Å². The van der Waals surface area contributed by atoms with Gasteiger partial charge >= 0.3 is 0 Å². The lowest BCUT2D eigenvalue weighted by Crippen LogP contribution is -2.58. The van der Waals surface area contributed by atoms with Gasteiger partial charge in [-0.15, -0.1) is 0 Å². The SMILES string of the molecule is CS(=O)(=O)N[C@H]1CCCN2COc3nccnc3C3CCC(CC3)OC[C@@H]12. The van der Waals surface area contributed by atoms with Gasteiger partial charge in [-0.2, -0.15) is 0 Å². The van der Waals surface area contributed by atoms with E-state index < -0.39 is 10.0 Å². The van der Waals surface area contributed by atoms with Crippen LogP contribution in [0.1, 0.15) is 50.1 Å². The lowest BCUT2D eigenvalue weighted by molar-refractivity contribution is -0.0486. The molecule has 4 heterocycles. The molecular formula is C18H28N4O4S. The van der Waals surface area contributed by atoms with Gasteiger partial charge in [0, 0.05) is 30.9 Å². The van der Waals surface area contributed by atoms with Crippen LogP contribution in [0.4, 0.5) is 0 Å². The first-order valence-electron chi connectivity index (χ1n) is 9.76. The van der Waals surface area contributed by atoms with Crippen molar-refractivity contribution in [2.45, 2.75) is 62.6 Å². The summed E-state index contributed by atoms with van der Waals surface area (Å²) in [6.07, 6.45) is 10.5. The molecule has 1 aliphatic carbocycles. The van der Waals surface area contributed by atoms with Crippen LogP contribution in [0, 0.1) is 0 Å². The van der Waals surface area contributed by atoms with E-state index in [0.29, 0.717) is 25.1 Å². The number of nitrogens with one attached hydrogen (secondary N) is 1. The maximum atomic E-state index is 11.8. The second kappa shape index (κ2) is 7.98. The van der Waals surface area contributed by atoms with Gasteiger partial charge in [0.1, 0.15) is 12.4 Å². The summed E-state index contributed by atoms with van der Waals surface area (Å²) in [7, 11) is -3.28. The van der Waals surface area contributed by atoms with Crippen LogP contribution in [-0.2, 0) is 14.8 Å². The first kappa shape index (κ1) is 19.0. The molecule has 0 amide bonds. The maximum absolute atomic E-state index is 11.8. The van der Waals surface area contributed by atoms with E-state index in [4.69, 9.17) is 9.47 Å². The summed E-state index contributed by atoms with van der Waals surface area (Å²) in [5.41, 5.74) is 0.941. The Morgan fingerprint density at radius 3 is 2.70 bits per heavy atom. The zero-order chi connectivity index (χ0) is 18.9. The van der Waals surface area contributed by atoms with Crippen LogP contribution in [0.25, 0.3) is 0 Å². The van der Waals surface area contributed by atoms with E-state index in [0.717, 1.165) is 50.8 Å². The van der Waals surface area contributed by atoms with Crippen molar-refractivity contribution >= 4 is 10.0 Å². The Kier molecular flexibility index (Phi) is 5.63. The van der Waals surface area contributed by atoms with Gasteiger partial charge in [0.25, 0.3) is 0 Å². The number of fused-ring (bicyclic) bond motifs is 4. The van der Waals surface area contributed by atoms with Crippen LogP contribution in [0.15, 0.2) is 12.4 Å². The number of sulfonamides is 1. The van der Waals surface area contributed by atoms with Crippen LogP contribution >= 0.6 is 0 Å². The molecule has 4 aliphatic rings. The molecular weight excluding hydrogens is 368 g/mol. The quantitative estimate of drug-likeness (QED) is 0.804. The number of hydrogen-bond donors (Lipinski definition) is 1. The molecule has 5 rings (SSSR count). The summed E-state index contributed by atoms with van der Waals surface area (Å²) in [6.45, 7) is 1.72. The third-order valence-corrected chi connectivity index (χ3v) is 6.61. The third-order valence-electron chi connectivity index (χ3n) is 5.88. The van der Waals surface area contributed by atoms with Gasteiger partial charge in [-0.25, -0.2) is 18.1 Å². The standard InChI is InChI=1S/C18H28N4O4S/c1-27(23,24)21-15-3-2-10-22-12-26-18-17(19-8-9-20-18)13-4-6-14(7-5-13)25-11-16(15)22/h8-9,13-16,21H,2-7,10-12H2,1H3/t13?,14?,15-,16-/m0/s1. The Hall–Kier alpha value is -1.29. The highest BCUT2D eigenvalue weighted by molar-refractivity contribution is 7.88. The van der Waals surface area contributed by atoms with E-state index in [2.05, 4.69) is 19.6 Å². The molecule has 1 aromatic rings. The Morgan fingerprint density at radius 2 is 1.93 bits per heavy atom. The second-order valence-electron chi connectivity index (χ2n) is 7.85. The van der Waals surface area contributed by atoms with E-state index in [-0.39, 0.29) is 18.2 Å². The zero-order valence-electron chi connectivity index (χ0n) is 15.7. The summed E-state index contributed by atoms with van der Waals surface area (Å²) < 4.78 is 38.8. The summed E-state index contributed by atoms with van der Waals surface area (Å²) in [5, 5.41) is 0. The molecule has 1 saturated heterocycles. The van der Waals surface area contributed by atoms with Gasteiger partial charge in [-0.1, -0.05) is 0 Å². The molecule has 2 bridgehead atoms. The summed E-state index contributed by atoms with van der Waals surface area (Å²) in [6, 6.07) is -0.219. The highest BCUT2D eigenvalue weighted by Crippen LogP contribution is 2.37. The third kappa shape index (κ3) is 4.59. The minimum Gasteiger partial charge on any atom is -0.460 e. The minimum absolute atomic E-state index is 0.0502. The van der Waals surface area contributed by atoms with Crippen LogP contribution < -0.4 is 9.46 Å². The first-order chi connectivity index (χ1) is 13.0. The number of aromatic nitrogens is 2. The summed E-state index contributed by atoms with van der Waals surface area (Å²) in [5.74, 6) is 0.976. The van der Waals surface area contributed by atoms with Gasteiger partial charge in [0.15, 0.2) is 0 Å². The predicted octanol–water partition coefficient (Wildman–Crippen LogP) is 1.25. The van der Waals surface area contributed by atoms with Crippen LogP contribution in [0.3, 0.4) is 0 Å². The Balaban J connectivity index is 1.60. The van der Waals surface area contributed by atoms with E-state index in [1.807, 2.05) is 0 Å². The monoisotopic (exact) mass is 396 g/mol. The van der Waals surface area contributed by atoms with Crippen molar-refractivity contribution < 1.29 is 17.9 Å². The van der Waals surface area contributed by atoms with Crippen molar-refractivity contribution in [1.82, 2.24) is 19.6 Å². The van der Waals surface area contributed by atoms with E-state index in [1.54, 1.807) is 12.4 Å². The first-order valence-corrected chi connectivity index (χ1v) is 11.7. The topological polar surface area (TPSA) is 93.7 Å². The van der Waals surface area contributed by atoms with Crippen molar-refractivity contribution in [1.29, 1.82) is 0 Å². The lowest BCUT2D eigenvalue weighted by atomic mass is 9.85. The van der Waals surface area contributed by atoms with Crippen molar-refractivity contribution in [3.05, 3.63) is 18.1 Å². The molecule has 3 aliphatic heterocycles. The van der Waals surface area contributed by atoms with Crippen molar-refractivity contribution in [3.63, 3.8) is 0 Å². The van der Waals surface area contributed by atoms with Gasteiger partial charge in [0.05, 0.1) is 25.0 Å². The Bertz CT molecular complexity index is 751. The molecule has 0 unspecified atom stereocenters. The number of piperidine rings is 1. The zero-order valence-corrected chi connectivity index (χ0v) is 16.5. The molecule has 1 saturated carbocycles. The average Bonchev–Trinajstić information content (AvgIpc) is 2.64. The molecule has 2 atom stereocenters. The molecule has 8 nitrogen and oxygen atoms in total. The average molecular weight is 397 g/mol. The molecule has 0 radical (unpaired) electrons. The Labute approximate surface area is 160 Å². The molecule has 1 aromatic heterocycles. The van der Waals surface area contributed by atoms with Crippen molar-refractivity contribution in [3.8, 4) is 5.88 Å². The van der Waals surface area contributed by atoms with E-state index in [1.165, 1.54) is 6.26 Å². The number of nitrogens with zero attached hydrogens (tertiary/aromatic N) is 3. The van der Waals surface area contributed by atoms with Crippen molar-refractivity contribution in [2.75, 3.05) is 26.1 Å². The fraction of sp³-hybridized carbons (Fsp3) is 0.778. The normalized spacial score (nSPS) is 32.5. The molecule has 150 valence electrons. The number of ether oxygens (including phenoxy) is 2. The highest BCUT2D eigenvalue weighted by atomic mass is 32.2. The van der Waals surface area contributed by atoms with Gasteiger partial charge < -0.3 is 9.47 Å². The molecule has 27 heavy (non-hydrogen) atoms. The second-order valence-corrected chi connectivity index (χ2v) is 9.63. The lowest BCUT2D eigenvalue weighted by Gasteiger charge is -2.42. The summed E-state index contributed by atoms with van der Waals surface area (Å²) >= 11 is 0. The molecule has 0 aromatic carbocycles. The van der Waals surface area contributed by atoms with Crippen LogP contribution in [-0.4, -0.2) is 67.6 Å². The van der Waals surface area contributed by atoms with Gasteiger partial charge in [0.2, 0.25) is 15.9 Å². The van der Waals surface area contributed by atoms with Crippen LogP contribution in [0.5, 0.6) is 5.88 Å². The molecule has 1 N–H and O–H groups in total. The largest absolute Gasteiger partial charge is 0.460 e. The van der Waals surface area contributed by atoms with E-state index >= 15 is 0 Å². The van der Waals surface area contributed by atoms with E-state index in [9.17, 15) is 8.42 Å². The highest BCUT2D eigenvalue weighted by Gasteiger charge is 2.36. The van der Waals surface area contributed by atoms with Crippen LogP contribution in [0.2, 0.25) is 0 Å². The summed E-state index contributed by atoms with van der Waals surface area (Å²) in [4.78, 5) is 11.1. The minimum atomic E-state index is -3.28. The molecule has 9 heteroatoms. The number of hydrogen-bond acceptors (Lipinski definition) is 7. The van der Waals surface area contributed by atoms with Gasteiger partial charge in [-0.3, -0.25) is 9.88 Å². The number of rotatable bonds is 2. The smallest absolute Gasteiger partial charge is 0.237 e. The fourth-order valence-corrected chi connectivity index (χ4v) is 5.36. The Morgan fingerprint density at radius 1 is 1.15 bits per heavy atom. The van der Waals surface area contributed by atoms with Gasteiger partial charge in [-0.05, 0) is 38.5 Å². The molecule has 0 spiro atoms. The molecule has 2 fully saturated rings. The predicted molar refractivity (Wildman–Crippen MR) is 100.0 cm³/mol.